The summed E-state index contributed by atoms with van der Waals surface area (Å²) in [5, 5.41) is 3.39. The SMILES string of the molecule is Fc1ccc(NC(=S)N2CCC(Cc3ccccc3)CC2)c(F)c1. The van der Waals surface area contributed by atoms with Crippen LogP contribution in [0.3, 0.4) is 0 Å². The summed E-state index contributed by atoms with van der Waals surface area (Å²) >= 11 is 5.37. The molecule has 0 radical (unpaired) electrons. The van der Waals surface area contributed by atoms with Crippen molar-refractivity contribution in [1.82, 2.24) is 4.90 Å². The third-order valence-electron chi connectivity index (χ3n) is 4.44. The molecule has 0 atom stereocenters. The summed E-state index contributed by atoms with van der Waals surface area (Å²) in [6.07, 6.45) is 3.20. The van der Waals surface area contributed by atoms with E-state index in [0.717, 1.165) is 38.4 Å². The minimum absolute atomic E-state index is 0.216. The van der Waals surface area contributed by atoms with Crippen molar-refractivity contribution < 1.29 is 8.78 Å². The Morgan fingerprint density at radius 3 is 2.46 bits per heavy atom. The zero-order valence-corrected chi connectivity index (χ0v) is 14.2. The first-order valence-electron chi connectivity index (χ1n) is 8.17. The third-order valence-corrected chi connectivity index (χ3v) is 4.80. The number of hydrogen-bond donors (Lipinski definition) is 1. The molecule has 0 aliphatic carbocycles. The van der Waals surface area contributed by atoms with Crippen molar-refractivity contribution in [1.29, 1.82) is 0 Å². The van der Waals surface area contributed by atoms with E-state index in [1.807, 2.05) is 6.07 Å². The van der Waals surface area contributed by atoms with Crippen molar-refractivity contribution in [2.75, 3.05) is 18.4 Å². The summed E-state index contributed by atoms with van der Waals surface area (Å²) in [6, 6.07) is 14.0. The van der Waals surface area contributed by atoms with Gasteiger partial charge in [0.15, 0.2) is 5.11 Å². The maximum absolute atomic E-state index is 13.7. The molecule has 0 amide bonds. The van der Waals surface area contributed by atoms with Gasteiger partial charge in [-0.3, -0.25) is 0 Å². The molecule has 0 spiro atoms. The number of thiocarbonyl (C=S) groups is 1. The van der Waals surface area contributed by atoms with E-state index >= 15 is 0 Å². The number of piperidine rings is 1. The Hall–Kier alpha value is -2.01. The zero-order valence-electron chi connectivity index (χ0n) is 13.3. The molecule has 1 aliphatic heterocycles. The largest absolute Gasteiger partial charge is 0.349 e. The highest BCUT2D eigenvalue weighted by atomic mass is 32.1. The first-order valence-corrected chi connectivity index (χ1v) is 8.57. The van der Waals surface area contributed by atoms with Crippen LogP contribution >= 0.6 is 12.2 Å². The number of benzene rings is 2. The highest BCUT2D eigenvalue weighted by Gasteiger charge is 2.21. The highest BCUT2D eigenvalue weighted by Crippen LogP contribution is 2.23. The molecule has 126 valence electrons. The van der Waals surface area contributed by atoms with Crippen molar-refractivity contribution in [3.8, 4) is 0 Å². The van der Waals surface area contributed by atoms with Gasteiger partial charge < -0.3 is 10.2 Å². The first kappa shape index (κ1) is 16.8. The van der Waals surface area contributed by atoms with E-state index in [-0.39, 0.29) is 5.69 Å². The van der Waals surface area contributed by atoms with E-state index in [4.69, 9.17) is 12.2 Å². The summed E-state index contributed by atoms with van der Waals surface area (Å²) in [5.41, 5.74) is 1.58. The number of nitrogens with one attached hydrogen (secondary N) is 1. The fraction of sp³-hybridized carbons (Fsp3) is 0.316. The molecule has 0 bridgehead atoms. The summed E-state index contributed by atoms with van der Waals surface area (Å²) in [5.74, 6) is -0.573. The van der Waals surface area contributed by atoms with Gasteiger partial charge in [0.25, 0.3) is 0 Å². The standard InChI is InChI=1S/C19H20F2N2S/c20-16-6-7-18(17(21)13-16)22-19(24)23-10-8-15(9-11-23)12-14-4-2-1-3-5-14/h1-7,13,15H,8-12H2,(H,22,24). The van der Waals surface area contributed by atoms with E-state index in [0.29, 0.717) is 11.0 Å². The van der Waals surface area contributed by atoms with Gasteiger partial charge in [0.1, 0.15) is 11.6 Å². The first-order chi connectivity index (χ1) is 11.6. The van der Waals surface area contributed by atoms with Crippen molar-refractivity contribution >= 4 is 23.0 Å². The fourth-order valence-electron chi connectivity index (χ4n) is 3.07. The van der Waals surface area contributed by atoms with Gasteiger partial charge in [-0.25, -0.2) is 8.78 Å². The van der Waals surface area contributed by atoms with Crippen LogP contribution in [0.25, 0.3) is 0 Å². The second kappa shape index (κ2) is 7.71. The lowest BCUT2D eigenvalue weighted by molar-refractivity contribution is 0.268. The van der Waals surface area contributed by atoms with Crippen LogP contribution in [0.5, 0.6) is 0 Å². The van der Waals surface area contributed by atoms with Crippen molar-refractivity contribution in [3.05, 3.63) is 65.7 Å². The minimum Gasteiger partial charge on any atom is -0.349 e. The van der Waals surface area contributed by atoms with Gasteiger partial charge in [-0.05, 0) is 55.1 Å². The predicted octanol–water partition coefficient (Wildman–Crippen LogP) is 4.62. The second-order valence-corrected chi connectivity index (χ2v) is 6.56. The van der Waals surface area contributed by atoms with Crippen LogP contribution in [0, 0.1) is 17.6 Å². The second-order valence-electron chi connectivity index (χ2n) is 6.17. The molecule has 3 rings (SSSR count). The van der Waals surface area contributed by atoms with Crippen LogP contribution in [0.4, 0.5) is 14.5 Å². The van der Waals surface area contributed by atoms with Gasteiger partial charge in [0, 0.05) is 19.2 Å². The third kappa shape index (κ3) is 4.29. The minimum atomic E-state index is -0.628. The molecule has 1 fully saturated rings. The van der Waals surface area contributed by atoms with Crippen LogP contribution in [0.15, 0.2) is 48.5 Å². The number of nitrogens with zero attached hydrogens (tertiary/aromatic N) is 1. The zero-order chi connectivity index (χ0) is 16.9. The number of halogens is 2. The van der Waals surface area contributed by atoms with Gasteiger partial charge in [0.2, 0.25) is 0 Å². The lowest BCUT2D eigenvalue weighted by Crippen LogP contribution is -2.41. The molecule has 1 heterocycles. The molecule has 1 saturated heterocycles. The molecule has 0 saturated carbocycles. The van der Waals surface area contributed by atoms with E-state index in [1.54, 1.807) is 0 Å². The van der Waals surface area contributed by atoms with E-state index in [1.165, 1.54) is 17.7 Å². The molecule has 2 aromatic rings. The van der Waals surface area contributed by atoms with Crippen LogP contribution in [-0.2, 0) is 6.42 Å². The molecule has 0 unspecified atom stereocenters. The summed E-state index contributed by atoms with van der Waals surface area (Å²) in [4.78, 5) is 2.06. The molecule has 2 nitrogen and oxygen atoms in total. The average molecular weight is 346 g/mol. The predicted molar refractivity (Wildman–Crippen MR) is 97.0 cm³/mol. The topological polar surface area (TPSA) is 15.3 Å². The van der Waals surface area contributed by atoms with Crippen LogP contribution < -0.4 is 5.32 Å². The summed E-state index contributed by atoms with van der Waals surface area (Å²) < 4.78 is 26.7. The quantitative estimate of drug-likeness (QED) is 0.817. The maximum Gasteiger partial charge on any atom is 0.173 e. The smallest absolute Gasteiger partial charge is 0.173 e. The van der Waals surface area contributed by atoms with Gasteiger partial charge in [0.05, 0.1) is 5.69 Å². The Morgan fingerprint density at radius 2 is 1.79 bits per heavy atom. The number of anilines is 1. The molecule has 0 aromatic heterocycles. The molecule has 2 aromatic carbocycles. The normalized spacial score (nSPS) is 15.3. The molecule has 5 heteroatoms. The summed E-state index contributed by atoms with van der Waals surface area (Å²) in [7, 11) is 0. The molecular formula is C19H20F2N2S. The Labute approximate surface area is 146 Å². The lowest BCUT2D eigenvalue weighted by atomic mass is 9.90. The number of likely N-dealkylation sites (tertiary alicyclic amines) is 1. The van der Waals surface area contributed by atoms with Crippen LogP contribution in [0.1, 0.15) is 18.4 Å². The van der Waals surface area contributed by atoms with E-state index in [9.17, 15) is 8.78 Å². The van der Waals surface area contributed by atoms with E-state index < -0.39 is 11.6 Å². The molecular weight excluding hydrogens is 326 g/mol. The van der Waals surface area contributed by atoms with E-state index in [2.05, 4.69) is 34.5 Å². The fourth-order valence-corrected chi connectivity index (χ4v) is 3.37. The molecule has 1 aliphatic rings. The Bertz CT molecular complexity index is 698. The van der Waals surface area contributed by atoms with Crippen molar-refractivity contribution in [3.63, 3.8) is 0 Å². The van der Waals surface area contributed by atoms with Gasteiger partial charge in [-0.15, -0.1) is 0 Å². The van der Waals surface area contributed by atoms with Crippen LogP contribution in [0.2, 0.25) is 0 Å². The average Bonchev–Trinajstić information content (AvgIpc) is 2.59. The molecule has 1 N–H and O–H groups in total. The Morgan fingerprint density at radius 1 is 1.08 bits per heavy atom. The monoisotopic (exact) mass is 346 g/mol. The van der Waals surface area contributed by atoms with Gasteiger partial charge in [-0.2, -0.15) is 0 Å². The van der Waals surface area contributed by atoms with Crippen LogP contribution in [-0.4, -0.2) is 23.1 Å². The highest BCUT2D eigenvalue weighted by molar-refractivity contribution is 7.80. The number of rotatable bonds is 3. The lowest BCUT2D eigenvalue weighted by Gasteiger charge is -2.34. The molecule has 24 heavy (non-hydrogen) atoms. The Kier molecular flexibility index (Phi) is 5.41. The Balaban J connectivity index is 1.51. The van der Waals surface area contributed by atoms with Crippen molar-refractivity contribution in [2.45, 2.75) is 19.3 Å². The summed E-state index contributed by atoms with van der Waals surface area (Å²) in [6.45, 7) is 1.71. The maximum atomic E-state index is 13.7. The van der Waals surface area contributed by atoms with Gasteiger partial charge in [-0.1, -0.05) is 30.3 Å². The van der Waals surface area contributed by atoms with Crippen molar-refractivity contribution in [2.24, 2.45) is 5.92 Å². The van der Waals surface area contributed by atoms with Gasteiger partial charge >= 0.3 is 0 Å². The number of hydrogen-bond acceptors (Lipinski definition) is 1.